The number of benzene rings is 2. The molecule has 1 N–H and O–H groups in total. The third-order valence-electron chi connectivity index (χ3n) is 5.76. The number of piperidine rings is 1. The second-order valence-electron chi connectivity index (χ2n) is 7.59. The number of aromatic nitrogens is 1. The molecule has 158 valence electrons. The smallest absolute Gasteiger partial charge is 0.223 e. The Hall–Kier alpha value is -3.30. The van der Waals surface area contributed by atoms with E-state index in [2.05, 4.69) is 21.3 Å². The first-order valence-electron chi connectivity index (χ1n) is 10.2. The maximum Gasteiger partial charge on any atom is 0.223 e. The fourth-order valence-corrected chi connectivity index (χ4v) is 4.24. The topological polar surface area (TPSA) is 78.2 Å². The van der Waals surface area contributed by atoms with Crippen LogP contribution >= 0.6 is 11.6 Å². The predicted octanol–water partition coefficient (Wildman–Crippen LogP) is 4.30. The van der Waals surface area contributed by atoms with Crippen molar-refractivity contribution in [2.45, 2.75) is 19.4 Å². The minimum atomic E-state index is -0.0630. The Morgan fingerprint density at radius 3 is 2.77 bits per heavy atom. The maximum atomic E-state index is 12.7. The number of hydrogen-bond donors (Lipinski definition) is 1. The lowest BCUT2D eigenvalue weighted by Crippen LogP contribution is -2.40. The highest BCUT2D eigenvalue weighted by atomic mass is 35.5. The molecular formula is C24H23ClN4O2. The van der Waals surface area contributed by atoms with Crippen LogP contribution in [0.5, 0.6) is 5.75 Å². The number of amides is 1. The Bertz CT molecular complexity index is 1150. The van der Waals surface area contributed by atoms with Crippen molar-refractivity contribution in [3.63, 3.8) is 0 Å². The van der Waals surface area contributed by atoms with Crippen LogP contribution in [0.4, 0.5) is 5.69 Å². The SMILES string of the molecule is COc1ccc2ncc(C#N)c(N3CCC(C(=O)NCc4ccccc4Cl)CC3)c2c1. The molecule has 1 fully saturated rings. The van der Waals surface area contributed by atoms with Crippen molar-refractivity contribution in [2.24, 2.45) is 5.92 Å². The maximum absolute atomic E-state index is 12.7. The summed E-state index contributed by atoms with van der Waals surface area (Å²) in [5.41, 5.74) is 3.11. The number of rotatable bonds is 5. The van der Waals surface area contributed by atoms with Crippen LogP contribution in [0.15, 0.2) is 48.7 Å². The monoisotopic (exact) mass is 434 g/mol. The Kier molecular flexibility index (Phi) is 6.24. The molecule has 0 atom stereocenters. The number of ether oxygens (including phenoxy) is 1. The summed E-state index contributed by atoms with van der Waals surface area (Å²) in [5, 5.41) is 14.2. The third kappa shape index (κ3) is 4.42. The van der Waals surface area contributed by atoms with Crippen LogP contribution < -0.4 is 15.0 Å². The van der Waals surface area contributed by atoms with Gasteiger partial charge < -0.3 is 15.0 Å². The highest BCUT2D eigenvalue weighted by Gasteiger charge is 2.27. The van der Waals surface area contributed by atoms with Gasteiger partial charge in [0.25, 0.3) is 0 Å². The fourth-order valence-electron chi connectivity index (χ4n) is 4.04. The summed E-state index contributed by atoms with van der Waals surface area (Å²) in [4.78, 5) is 19.3. The molecule has 2 aromatic carbocycles. The molecule has 0 radical (unpaired) electrons. The van der Waals surface area contributed by atoms with E-state index in [0.717, 1.165) is 27.9 Å². The molecule has 1 amide bonds. The standard InChI is InChI=1S/C24H23ClN4O2/c1-31-19-6-7-22-20(12-19)23(18(13-26)15-27-22)29-10-8-16(9-11-29)24(30)28-14-17-4-2-3-5-21(17)25/h2-7,12,15-16H,8-11,14H2,1H3,(H,28,30). The summed E-state index contributed by atoms with van der Waals surface area (Å²) in [6.45, 7) is 1.80. The molecule has 1 aromatic heterocycles. The lowest BCUT2D eigenvalue weighted by Gasteiger charge is -2.34. The molecule has 4 rings (SSSR count). The Balaban J connectivity index is 1.47. The van der Waals surface area contributed by atoms with Gasteiger partial charge in [-0.25, -0.2) is 0 Å². The van der Waals surface area contributed by atoms with Crippen LogP contribution in [0.2, 0.25) is 5.02 Å². The molecule has 31 heavy (non-hydrogen) atoms. The highest BCUT2D eigenvalue weighted by Crippen LogP contribution is 2.34. The van der Waals surface area contributed by atoms with E-state index in [-0.39, 0.29) is 11.8 Å². The third-order valence-corrected chi connectivity index (χ3v) is 6.13. The highest BCUT2D eigenvalue weighted by molar-refractivity contribution is 6.31. The van der Waals surface area contributed by atoms with E-state index in [1.54, 1.807) is 13.3 Å². The van der Waals surface area contributed by atoms with E-state index < -0.39 is 0 Å². The molecule has 3 aromatic rings. The van der Waals surface area contributed by atoms with Crippen molar-refractivity contribution in [3.05, 3.63) is 64.8 Å². The second kappa shape index (κ2) is 9.23. The van der Waals surface area contributed by atoms with Gasteiger partial charge in [0.15, 0.2) is 0 Å². The molecule has 1 saturated heterocycles. The van der Waals surface area contributed by atoms with Crippen LogP contribution in [-0.2, 0) is 11.3 Å². The molecule has 7 heteroatoms. The minimum Gasteiger partial charge on any atom is -0.497 e. The van der Waals surface area contributed by atoms with Crippen LogP contribution in [0.3, 0.4) is 0 Å². The summed E-state index contributed by atoms with van der Waals surface area (Å²) in [7, 11) is 1.62. The first-order valence-corrected chi connectivity index (χ1v) is 10.6. The van der Waals surface area contributed by atoms with E-state index in [9.17, 15) is 10.1 Å². The number of pyridine rings is 1. The summed E-state index contributed by atoms with van der Waals surface area (Å²) in [5.74, 6) is 0.702. The summed E-state index contributed by atoms with van der Waals surface area (Å²) < 4.78 is 5.37. The number of carbonyl (C=O) groups excluding carboxylic acids is 1. The van der Waals surface area contributed by atoms with Crippen molar-refractivity contribution < 1.29 is 9.53 Å². The zero-order valence-electron chi connectivity index (χ0n) is 17.3. The van der Waals surface area contributed by atoms with Crippen LogP contribution in [-0.4, -0.2) is 31.1 Å². The van der Waals surface area contributed by atoms with E-state index in [0.29, 0.717) is 43.1 Å². The molecule has 1 aliphatic heterocycles. The van der Waals surface area contributed by atoms with Gasteiger partial charge in [-0.1, -0.05) is 29.8 Å². The molecular weight excluding hydrogens is 412 g/mol. The van der Waals surface area contributed by atoms with E-state index in [4.69, 9.17) is 16.3 Å². The predicted molar refractivity (Wildman–Crippen MR) is 121 cm³/mol. The van der Waals surface area contributed by atoms with Gasteiger partial charge in [-0.15, -0.1) is 0 Å². The molecule has 0 aliphatic carbocycles. The summed E-state index contributed by atoms with van der Waals surface area (Å²) in [6, 6.07) is 15.5. The number of carbonyl (C=O) groups is 1. The van der Waals surface area contributed by atoms with Crippen LogP contribution in [0.25, 0.3) is 10.9 Å². The van der Waals surface area contributed by atoms with Crippen molar-refractivity contribution in [1.29, 1.82) is 5.26 Å². The number of methoxy groups -OCH3 is 1. The number of nitriles is 1. The van der Waals surface area contributed by atoms with Gasteiger partial charge in [0.1, 0.15) is 11.8 Å². The number of anilines is 1. The van der Waals surface area contributed by atoms with Gasteiger partial charge in [-0.2, -0.15) is 5.26 Å². The number of nitrogens with zero attached hydrogens (tertiary/aromatic N) is 3. The molecule has 0 saturated carbocycles. The number of fused-ring (bicyclic) bond motifs is 1. The first kappa shape index (κ1) is 21.0. The Morgan fingerprint density at radius 1 is 1.29 bits per heavy atom. The molecule has 0 bridgehead atoms. The first-order chi connectivity index (χ1) is 15.1. The Morgan fingerprint density at radius 2 is 2.06 bits per heavy atom. The van der Waals surface area contributed by atoms with Crippen molar-refractivity contribution in [3.8, 4) is 11.8 Å². The zero-order chi connectivity index (χ0) is 21.8. The average Bonchev–Trinajstić information content (AvgIpc) is 2.82. The largest absolute Gasteiger partial charge is 0.497 e. The fraction of sp³-hybridized carbons (Fsp3) is 0.292. The summed E-state index contributed by atoms with van der Waals surface area (Å²) >= 11 is 6.18. The van der Waals surface area contributed by atoms with Gasteiger partial charge >= 0.3 is 0 Å². The lowest BCUT2D eigenvalue weighted by molar-refractivity contribution is -0.125. The van der Waals surface area contributed by atoms with Crippen LogP contribution in [0.1, 0.15) is 24.0 Å². The second-order valence-corrected chi connectivity index (χ2v) is 7.99. The molecule has 1 aliphatic rings. The van der Waals surface area contributed by atoms with E-state index in [1.807, 2.05) is 42.5 Å². The zero-order valence-corrected chi connectivity index (χ0v) is 18.0. The van der Waals surface area contributed by atoms with Crippen molar-refractivity contribution in [2.75, 3.05) is 25.1 Å². The number of hydrogen-bond acceptors (Lipinski definition) is 5. The van der Waals surface area contributed by atoms with Crippen molar-refractivity contribution >= 4 is 34.1 Å². The van der Waals surface area contributed by atoms with E-state index in [1.165, 1.54) is 0 Å². The molecule has 6 nitrogen and oxygen atoms in total. The van der Waals surface area contributed by atoms with Gasteiger partial charge in [-0.05, 0) is 42.7 Å². The lowest BCUT2D eigenvalue weighted by atomic mass is 9.94. The van der Waals surface area contributed by atoms with E-state index >= 15 is 0 Å². The average molecular weight is 435 g/mol. The van der Waals surface area contributed by atoms with Crippen molar-refractivity contribution in [1.82, 2.24) is 10.3 Å². The summed E-state index contributed by atoms with van der Waals surface area (Å²) in [6.07, 6.45) is 3.05. The Labute approximate surface area is 186 Å². The number of halogens is 1. The minimum absolute atomic E-state index is 0.0429. The normalized spacial score (nSPS) is 14.3. The molecule has 0 spiro atoms. The molecule has 2 heterocycles. The number of nitrogens with one attached hydrogen (secondary N) is 1. The molecule has 0 unspecified atom stereocenters. The van der Waals surface area contributed by atoms with Crippen LogP contribution in [0, 0.1) is 17.2 Å². The van der Waals surface area contributed by atoms with Gasteiger partial charge in [0.2, 0.25) is 5.91 Å². The van der Waals surface area contributed by atoms with Gasteiger partial charge in [-0.3, -0.25) is 9.78 Å². The quantitative estimate of drug-likeness (QED) is 0.647. The van der Waals surface area contributed by atoms with Gasteiger partial charge in [0, 0.05) is 42.2 Å². The van der Waals surface area contributed by atoms with Gasteiger partial charge in [0.05, 0.1) is 23.9 Å².